The van der Waals surface area contributed by atoms with E-state index in [0.29, 0.717) is 17.8 Å². The molecule has 23 heavy (non-hydrogen) atoms. The zero-order chi connectivity index (χ0) is 16.7. The first kappa shape index (κ1) is 16.2. The van der Waals surface area contributed by atoms with Crippen molar-refractivity contribution in [2.24, 2.45) is 0 Å². The van der Waals surface area contributed by atoms with Crippen LogP contribution in [0.4, 0.5) is 5.69 Å². The maximum absolute atomic E-state index is 12.2. The molecule has 2 rings (SSSR count). The molecule has 0 bridgehead atoms. The lowest BCUT2D eigenvalue weighted by Gasteiger charge is -2.09. The number of carbonyl (C=O) groups is 2. The molecule has 0 aliphatic heterocycles. The molecular weight excluding hydrogens is 290 g/mol. The third-order valence-electron chi connectivity index (χ3n) is 3.29. The summed E-state index contributed by atoms with van der Waals surface area (Å²) in [5.74, 6) is -0.490. The second-order valence-electron chi connectivity index (χ2n) is 5.08. The third kappa shape index (κ3) is 4.68. The highest BCUT2D eigenvalue weighted by Gasteiger charge is 2.08. The predicted octanol–water partition coefficient (Wildman–Crippen LogP) is 2.78. The van der Waals surface area contributed by atoms with Crippen molar-refractivity contribution in [1.82, 2.24) is 5.32 Å². The minimum absolute atomic E-state index is 0.137. The van der Waals surface area contributed by atoms with Gasteiger partial charge in [-0.25, -0.2) is 0 Å². The van der Waals surface area contributed by atoms with Gasteiger partial charge in [-0.05, 0) is 36.2 Å². The van der Waals surface area contributed by atoms with Crippen LogP contribution in [0.5, 0.6) is 0 Å². The Morgan fingerprint density at radius 1 is 1.13 bits per heavy atom. The first-order valence-electron chi connectivity index (χ1n) is 7.19. The summed E-state index contributed by atoms with van der Waals surface area (Å²) in [5, 5.41) is 14.0. The van der Waals surface area contributed by atoms with Crippen LogP contribution in [-0.4, -0.2) is 11.8 Å². The van der Waals surface area contributed by atoms with Gasteiger partial charge < -0.3 is 10.6 Å². The summed E-state index contributed by atoms with van der Waals surface area (Å²) < 4.78 is 0. The standard InChI is InChI=1S/C18H17N3O2/c1-13-5-2-3-8-16(13)18(23)20-12-14-6-4-7-15(11-14)21-17(22)9-10-19/h2-8,11H,9,12H2,1H3,(H,20,23)(H,21,22). The molecule has 0 heterocycles. The quantitative estimate of drug-likeness (QED) is 0.891. The normalized spacial score (nSPS) is 9.74. The van der Waals surface area contributed by atoms with Gasteiger partial charge in [0.25, 0.3) is 5.91 Å². The van der Waals surface area contributed by atoms with E-state index in [9.17, 15) is 9.59 Å². The van der Waals surface area contributed by atoms with E-state index in [1.165, 1.54) is 0 Å². The maximum atomic E-state index is 12.2. The van der Waals surface area contributed by atoms with Gasteiger partial charge in [0.05, 0.1) is 6.07 Å². The molecule has 0 unspecified atom stereocenters. The van der Waals surface area contributed by atoms with Crippen LogP contribution in [-0.2, 0) is 11.3 Å². The molecule has 0 fully saturated rings. The number of nitrogens with zero attached hydrogens (tertiary/aromatic N) is 1. The third-order valence-corrected chi connectivity index (χ3v) is 3.29. The molecular formula is C18H17N3O2. The number of aryl methyl sites for hydroxylation is 1. The van der Waals surface area contributed by atoms with E-state index in [1.54, 1.807) is 30.3 Å². The second kappa shape index (κ2) is 7.76. The van der Waals surface area contributed by atoms with Crippen LogP contribution >= 0.6 is 0 Å². The van der Waals surface area contributed by atoms with Gasteiger partial charge >= 0.3 is 0 Å². The van der Waals surface area contributed by atoms with Crippen LogP contribution in [0.1, 0.15) is 27.9 Å². The average molecular weight is 307 g/mol. The van der Waals surface area contributed by atoms with Crippen molar-refractivity contribution in [3.05, 3.63) is 65.2 Å². The van der Waals surface area contributed by atoms with Crippen LogP contribution in [0, 0.1) is 18.3 Å². The summed E-state index contributed by atoms with van der Waals surface area (Å²) in [5.41, 5.74) is 3.03. The lowest BCUT2D eigenvalue weighted by molar-refractivity contribution is -0.115. The Kier molecular flexibility index (Phi) is 5.48. The summed E-state index contributed by atoms with van der Waals surface area (Å²) in [6.07, 6.45) is -0.186. The molecule has 2 aromatic carbocycles. The van der Waals surface area contributed by atoms with Gasteiger partial charge in [-0.15, -0.1) is 0 Å². The zero-order valence-electron chi connectivity index (χ0n) is 12.8. The van der Waals surface area contributed by atoms with Crippen LogP contribution < -0.4 is 10.6 Å². The Balaban J connectivity index is 1.98. The summed E-state index contributed by atoms with van der Waals surface area (Å²) in [6.45, 7) is 2.25. The highest BCUT2D eigenvalue weighted by molar-refractivity contribution is 5.95. The van der Waals surface area contributed by atoms with Crippen molar-refractivity contribution in [2.75, 3.05) is 5.32 Å². The minimum atomic E-state index is -0.353. The number of rotatable bonds is 5. The monoisotopic (exact) mass is 307 g/mol. The minimum Gasteiger partial charge on any atom is -0.348 e. The topological polar surface area (TPSA) is 82.0 Å². The number of nitrogens with one attached hydrogen (secondary N) is 2. The molecule has 2 amide bonds. The van der Waals surface area contributed by atoms with Crippen molar-refractivity contribution in [2.45, 2.75) is 19.9 Å². The number of amides is 2. The Morgan fingerprint density at radius 2 is 1.91 bits per heavy atom. The van der Waals surface area contributed by atoms with Crippen molar-refractivity contribution >= 4 is 17.5 Å². The van der Waals surface area contributed by atoms with Crippen molar-refractivity contribution in [3.8, 4) is 6.07 Å². The number of anilines is 1. The Bertz CT molecular complexity index is 763. The fourth-order valence-electron chi connectivity index (χ4n) is 2.14. The zero-order valence-corrected chi connectivity index (χ0v) is 12.8. The molecule has 0 spiro atoms. The predicted molar refractivity (Wildman–Crippen MR) is 87.7 cm³/mol. The molecule has 0 aliphatic rings. The molecule has 0 aliphatic carbocycles. The van der Waals surface area contributed by atoms with E-state index in [1.807, 2.05) is 31.2 Å². The van der Waals surface area contributed by atoms with E-state index in [2.05, 4.69) is 10.6 Å². The number of benzene rings is 2. The van der Waals surface area contributed by atoms with E-state index < -0.39 is 0 Å². The Morgan fingerprint density at radius 3 is 2.65 bits per heavy atom. The fraction of sp³-hybridized carbons (Fsp3) is 0.167. The molecule has 2 aromatic rings. The van der Waals surface area contributed by atoms with Gasteiger partial charge in [0, 0.05) is 17.8 Å². The van der Waals surface area contributed by atoms with Gasteiger partial charge in [0.1, 0.15) is 6.42 Å². The molecule has 5 heteroatoms. The second-order valence-corrected chi connectivity index (χ2v) is 5.08. The molecule has 0 atom stereocenters. The SMILES string of the molecule is Cc1ccccc1C(=O)NCc1cccc(NC(=O)CC#N)c1. The van der Waals surface area contributed by atoms with Crippen LogP contribution in [0.2, 0.25) is 0 Å². The van der Waals surface area contributed by atoms with E-state index in [-0.39, 0.29) is 18.2 Å². The smallest absolute Gasteiger partial charge is 0.251 e. The van der Waals surface area contributed by atoms with Crippen molar-refractivity contribution in [3.63, 3.8) is 0 Å². The summed E-state index contributed by atoms with van der Waals surface area (Å²) in [7, 11) is 0. The number of nitriles is 1. The molecule has 5 nitrogen and oxygen atoms in total. The van der Waals surface area contributed by atoms with Crippen LogP contribution in [0.25, 0.3) is 0 Å². The number of hydrogen-bond acceptors (Lipinski definition) is 3. The number of hydrogen-bond donors (Lipinski definition) is 2. The largest absolute Gasteiger partial charge is 0.348 e. The Labute approximate surface area is 134 Å². The number of carbonyl (C=O) groups excluding carboxylic acids is 2. The van der Waals surface area contributed by atoms with Crippen LogP contribution in [0.15, 0.2) is 48.5 Å². The van der Waals surface area contributed by atoms with Gasteiger partial charge in [-0.1, -0.05) is 30.3 Å². The maximum Gasteiger partial charge on any atom is 0.251 e. The van der Waals surface area contributed by atoms with E-state index in [4.69, 9.17) is 5.26 Å². The molecule has 0 saturated carbocycles. The average Bonchev–Trinajstić information content (AvgIpc) is 2.53. The van der Waals surface area contributed by atoms with Gasteiger partial charge in [-0.2, -0.15) is 5.26 Å². The fourth-order valence-corrected chi connectivity index (χ4v) is 2.14. The van der Waals surface area contributed by atoms with Crippen molar-refractivity contribution in [1.29, 1.82) is 5.26 Å². The first-order chi connectivity index (χ1) is 11.1. The van der Waals surface area contributed by atoms with Crippen molar-refractivity contribution < 1.29 is 9.59 Å². The molecule has 0 saturated heterocycles. The Hall–Kier alpha value is -3.13. The molecule has 0 aromatic heterocycles. The molecule has 0 radical (unpaired) electrons. The van der Waals surface area contributed by atoms with Crippen LogP contribution in [0.3, 0.4) is 0 Å². The molecule has 116 valence electrons. The lowest BCUT2D eigenvalue weighted by atomic mass is 10.1. The highest BCUT2D eigenvalue weighted by Crippen LogP contribution is 2.12. The summed E-state index contributed by atoms with van der Waals surface area (Å²) in [6, 6.07) is 16.3. The van der Waals surface area contributed by atoms with Gasteiger partial charge in [0.15, 0.2) is 0 Å². The van der Waals surface area contributed by atoms with E-state index >= 15 is 0 Å². The summed E-state index contributed by atoms with van der Waals surface area (Å²) in [4.78, 5) is 23.6. The molecule has 2 N–H and O–H groups in total. The highest BCUT2D eigenvalue weighted by atomic mass is 16.2. The van der Waals surface area contributed by atoms with Gasteiger partial charge in [0.2, 0.25) is 5.91 Å². The first-order valence-corrected chi connectivity index (χ1v) is 7.19. The van der Waals surface area contributed by atoms with E-state index in [0.717, 1.165) is 11.1 Å². The lowest BCUT2D eigenvalue weighted by Crippen LogP contribution is -2.23. The summed E-state index contributed by atoms with van der Waals surface area (Å²) >= 11 is 0. The van der Waals surface area contributed by atoms with Gasteiger partial charge in [-0.3, -0.25) is 9.59 Å².